The van der Waals surface area contributed by atoms with Crippen molar-refractivity contribution >= 4 is 34.6 Å². The zero-order valence-electron chi connectivity index (χ0n) is 10.3. The molecule has 2 rings (SSSR count). The Hall–Kier alpha value is -0.870. The summed E-state index contributed by atoms with van der Waals surface area (Å²) in [6.45, 7) is 2.61. The van der Waals surface area contributed by atoms with Crippen LogP contribution in [0.4, 0.5) is 0 Å². The molecule has 98 valence electrons. The Morgan fingerprint density at radius 3 is 3.00 bits per heavy atom. The molecule has 3 nitrogen and oxygen atoms in total. The summed E-state index contributed by atoms with van der Waals surface area (Å²) < 4.78 is 0. The van der Waals surface area contributed by atoms with Gasteiger partial charge in [-0.15, -0.1) is 22.9 Å². The van der Waals surface area contributed by atoms with E-state index < -0.39 is 0 Å². The number of nitrogens with one attached hydrogen (secondary N) is 1. The average molecular weight is 286 g/mol. The van der Waals surface area contributed by atoms with Crippen LogP contribution >= 0.6 is 22.9 Å². The zero-order valence-corrected chi connectivity index (χ0v) is 11.9. The maximum Gasteiger partial charge on any atom is 0.253 e. The third-order valence-electron chi connectivity index (χ3n) is 3.07. The molecule has 1 aromatic heterocycles. The van der Waals surface area contributed by atoms with Crippen molar-refractivity contribution in [2.24, 2.45) is 0 Å². The Balaban J connectivity index is 2.38. The molecule has 0 aliphatic carbocycles. The summed E-state index contributed by atoms with van der Waals surface area (Å²) in [5, 5.41) is 2.85. The van der Waals surface area contributed by atoms with Crippen LogP contribution in [-0.4, -0.2) is 24.1 Å². The Morgan fingerprint density at radius 2 is 2.28 bits per heavy atom. The van der Waals surface area contributed by atoms with Crippen LogP contribution in [0.15, 0.2) is 0 Å². The van der Waals surface area contributed by atoms with Gasteiger partial charge in [0.25, 0.3) is 5.91 Å². The van der Waals surface area contributed by atoms with Gasteiger partial charge in [0.15, 0.2) is 5.78 Å². The first-order chi connectivity index (χ1) is 8.65. The van der Waals surface area contributed by atoms with Crippen molar-refractivity contribution in [3.05, 3.63) is 20.9 Å². The molecule has 5 heteroatoms. The molecule has 1 aliphatic heterocycles. The van der Waals surface area contributed by atoms with Gasteiger partial charge < -0.3 is 5.32 Å². The van der Waals surface area contributed by atoms with E-state index in [0.29, 0.717) is 36.4 Å². The molecular formula is C13H16ClNO2S. The van der Waals surface area contributed by atoms with Gasteiger partial charge in [0.05, 0.1) is 5.56 Å². The third-order valence-corrected chi connectivity index (χ3v) is 4.50. The van der Waals surface area contributed by atoms with Gasteiger partial charge in [-0.05, 0) is 26.2 Å². The lowest BCUT2D eigenvalue weighted by molar-refractivity contribution is 0.0933. The fraction of sp³-hybridized carbons (Fsp3) is 0.538. The second kappa shape index (κ2) is 5.85. The van der Waals surface area contributed by atoms with Crippen LogP contribution in [0.2, 0.25) is 0 Å². The van der Waals surface area contributed by atoms with Crippen LogP contribution in [0, 0.1) is 6.92 Å². The van der Waals surface area contributed by atoms with Crippen LogP contribution in [0.1, 0.15) is 49.7 Å². The Morgan fingerprint density at radius 1 is 1.50 bits per heavy atom. The normalized spacial score (nSPS) is 14.9. The minimum absolute atomic E-state index is 0.0442. The van der Waals surface area contributed by atoms with E-state index in [-0.39, 0.29) is 11.7 Å². The summed E-state index contributed by atoms with van der Waals surface area (Å²) in [6.07, 6.45) is 2.89. The predicted octanol–water partition coefficient (Wildman–Crippen LogP) is 2.93. The van der Waals surface area contributed by atoms with Gasteiger partial charge >= 0.3 is 0 Å². The Kier molecular flexibility index (Phi) is 4.40. The van der Waals surface area contributed by atoms with E-state index in [1.165, 1.54) is 0 Å². The molecule has 1 aliphatic rings. The SMILES string of the molecule is Cc1sc2c(c1C(=O)CCCCl)C(=O)NCCC2. The highest BCUT2D eigenvalue weighted by Gasteiger charge is 2.27. The number of hydrogen-bond donors (Lipinski definition) is 1. The lowest BCUT2D eigenvalue weighted by Gasteiger charge is -2.04. The molecule has 0 spiro atoms. The van der Waals surface area contributed by atoms with Crippen molar-refractivity contribution in [3.8, 4) is 0 Å². The molecule has 0 unspecified atom stereocenters. The number of ketones is 1. The number of carbonyl (C=O) groups is 2. The second-order valence-corrected chi connectivity index (χ2v) is 6.09. The van der Waals surface area contributed by atoms with Crippen LogP contribution in [-0.2, 0) is 6.42 Å². The fourth-order valence-electron chi connectivity index (χ4n) is 2.25. The van der Waals surface area contributed by atoms with Gasteiger partial charge in [0, 0.05) is 34.2 Å². The van der Waals surface area contributed by atoms with E-state index in [4.69, 9.17) is 11.6 Å². The first kappa shape index (κ1) is 13.6. The summed E-state index contributed by atoms with van der Waals surface area (Å²) in [4.78, 5) is 26.2. The van der Waals surface area contributed by atoms with E-state index in [1.54, 1.807) is 11.3 Å². The first-order valence-electron chi connectivity index (χ1n) is 6.14. The van der Waals surface area contributed by atoms with E-state index in [0.717, 1.165) is 22.6 Å². The Labute approximate surface area is 116 Å². The molecule has 0 saturated heterocycles. The minimum Gasteiger partial charge on any atom is -0.352 e. The highest BCUT2D eigenvalue weighted by Crippen LogP contribution is 2.31. The molecule has 1 N–H and O–H groups in total. The lowest BCUT2D eigenvalue weighted by Crippen LogP contribution is -2.24. The number of amides is 1. The molecule has 1 amide bonds. The molecule has 0 radical (unpaired) electrons. The van der Waals surface area contributed by atoms with Crippen molar-refractivity contribution in [2.75, 3.05) is 12.4 Å². The smallest absolute Gasteiger partial charge is 0.253 e. The monoisotopic (exact) mass is 285 g/mol. The summed E-state index contributed by atoms with van der Waals surface area (Å²) in [5.74, 6) is 0.423. The number of carbonyl (C=O) groups excluding carboxylic acids is 2. The standard InChI is InChI=1S/C13H16ClNO2S/c1-8-11(9(16)4-2-6-14)12-10(18-8)5-3-7-15-13(12)17/h2-7H2,1H3,(H,15,17). The molecule has 0 fully saturated rings. The van der Waals surface area contributed by atoms with Gasteiger partial charge in [-0.1, -0.05) is 0 Å². The number of Topliss-reactive ketones (excluding diaryl/α,β-unsaturated/α-hetero) is 1. The van der Waals surface area contributed by atoms with E-state index >= 15 is 0 Å². The number of alkyl halides is 1. The van der Waals surface area contributed by atoms with E-state index in [9.17, 15) is 9.59 Å². The first-order valence-corrected chi connectivity index (χ1v) is 7.50. The van der Waals surface area contributed by atoms with Crippen molar-refractivity contribution in [1.82, 2.24) is 5.32 Å². The molecule has 18 heavy (non-hydrogen) atoms. The second-order valence-electron chi connectivity index (χ2n) is 4.41. The average Bonchev–Trinajstić information content (AvgIpc) is 2.58. The van der Waals surface area contributed by atoms with Crippen LogP contribution in [0.5, 0.6) is 0 Å². The van der Waals surface area contributed by atoms with Crippen molar-refractivity contribution in [1.29, 1.82) is 0 Å². The molecule has 1 aromatic rings. The lowest BCUT2D eigenvalue weighted by atomic mass is 10.0. The maximum atomic E-state index is 12.2. The summed E-state index contributed by atoms with van der Waals surface area (Å²) in [6, 6.07) is 0. The highest BCUT2D eigenvalue weighted by atomic mass is 35.5. The van der Waals surface area contributed by atoms with Crippen LogP contribution < -0.4 is 5.32 Å². The largest absolute Gasteiger partial charge is 0.352 e. The number of rotatable bonds is 4. The topological polar surface area (TPSA) is 46.2 Å². The summed E-state index contributed by atoms with van der Waals surface area (Å²) in [7, 11) is 0. The number of hydrogen-bond acceptors (Lipinski definition) is 3. The molecule has 0 saturated carbocycles. The predicted molar refractivity (Wildman–Crippen MR) is 74.0 cm³/mol. The van der Waals surface area contributed by atoms with E-state index in [2.05, 4.69) is 5.32 Å². The zero-order chi connectivity index (χ0) is 13.1. The maximum absolute atomic E-state index is 12.2. The van der Waals surface area contributed by atoms with Gasteiger partial charge in [0.2, 0.25) is 0 Å². The quantitative estimate of drug-likeness (QED) is 0.683. The molecular weight excluding hydrogens is 270 g/mol. The van der Waals surface area contributed by atoms with Crippen molar-refractivity contribution in [2.45, 2.75) is 32.6 Å². The minimum atomic E-state index is -0.0962. The van der Waals surface area contributed by atoms with Crippen molar-refractivity contribution < 1.29 is 9.59 Å². The van der Waals surface area contributed by atoms with Crippen LogP contribution in [0.25, 0.3) is 0 Å². The van der Waals surface area contributed by atoms with Crippen molar-refractivity contribution in [3.63, 3.8) is 0 Å². The molecule has 0 atom stereocenters. The number of halogens is 1. The number of fused-ring (bicyclic) bond motifs is 1. The van der Waals surface area contributed by atoms with Gasteiger partial charge in [-0.25, -0.2) is 0 Å². The van der Waals surface area contributed by atoms with Crippen LogP contribution in [0.3, 0.4) is 0 Å². The third kappa shape index (κ3) is 2.59. The van der Waals surface area contributed by atoms with Gasteiger partial charge in [-0.3, -0.25) is 9.59 Å². The fourth-order valence-corrected chi connectivity index (χ4v) is 3.61. The van der Waals surface area contributed by atoms with E-state index in [1.807, 2.05) is 6.92 Å². The molecule has 0 bridgehead atoms. The summed E-state index contributed by atoms with van der Waals surface area (Å²) in [5.41, 5.74) is 1.24. The summed E-state index contributed by atoms with van der Waals surface area (Å²) >= 11 is 7.20. The Bertz CT molecular complexity index is 482. The number of aryl methyl sites for hydroxylation is 2. The van der Waals surface area contributed by atoms with Gasteiger partial charge in [-0.2, -0.15) is 0 Å². The molecule has 0 aromatic carbocycles. The van der Waals surface area contributed by atoms with Gasteiger partial charge in [0.1, 0.15) is 0 Å². The molecule has 2 heterocycles. The highest BCUT2D eigenvalue weighted by molar-refractivity contribution is 7.12. The number of thiophene rings is 1.